The Bertz CT molecular complexity index is 502. The summed E-state index contributed by atoms with van der Waals surface area (Å²) in [6.45, 7) is 0. The molecule has 0 amide bonds. The Labute approximate surface area is 91.4 Å². The lowest BCUT2D eigenvalue weighted by Gasteiger charge is -2.01. The third-order valence-electron chi connectivity index (χ3n) is 2.22. The minimum absolute atomic E-state index is 0.101. The van der Waals surface area contributed by atoms with Crippen molar-refractivity contribution in [3.63, 3.8) is 0 Å². The molecule has 1 aromatic carbocycles. The van der Waals surface area contributed by atoms with Crippen molar-refractivity contribution in [2.45, 2.75) is 6.42 Å². The number of carbonyl (C=O) groups is 1. The Morgan fingerprint density at radius 1 is 1.31 bits per heavy atom. The molecule has 0 saturated heterocycles. The number of hydrogen-bond donors (Lipinski definition) is 3. The summed E-state index contributed by atoms with van der Waals surface area (Å²) < 4.78 is 0. The van der Waals surface area contributed by atoms with Gasteiger partial charge in [-0.1, -0.05) is 12.1 Å². The van der Waals surface area contributed by atoms with Crippen LogP contribution in [-0.2, 0) is 11.2 Å². The van der Waals surface area contributed by atoms with E-state index in [4.69, 9.17) is 10.2 Å². The number of nitrogens with one attached hydrogen (secondary N) is 1. The summed E-state index contributed by atoms with van der Waals surface area (Å²) in [5.74, 6) is -0.740. The fourth-order valence-electron chi connectivity index (χ4n) is 1.49. The highest BCUT2D eigenvalue weighted by Gasteiger charge is 2.10. The van der Waals surface area contributed by atoms with Gasteiger partial charge in [0.15, 0.2) is 0 Å². The van der Waals surface area contributed by atoms with E-state index in [1.165, 1.54) is 0 Å². The quantitative estimate of drug-likeness (QED) is 0.727. The monoisotopic (exact) mass is 218 g/mol. The Kier molecular flexibility index (Phi) is 2.59. The summed E-state index contributed by atoms with van der Waals surface area (Å²) in [5.41, 5.74) is 2.11. The van der Waals surface area contributed by atoms with Crippen LogP contribution < -0.4 is 0 Å². The molecule has 16 heavy (non-hydrogen) atoms. The molecule has 0 saturated carbocycles. The number of rotatable bonds is 3. The minimum atomic E-state index is -0.913. The number of nitrogens with zero attached hydrogens (tertiary/aromatic N) is 1. The van der Waals surface area contributed by atoms with E-state index in [0.29, 0.717) is 5.69 Å². The van der Waals surface area contributed by atoms with Gasteiger partial charge in [0.05, 0.1) is 18.3 Å². The molecule has 0 fully saturated rings. The number of hydrogen-bond acceptors (Lipinski definition) is 3. The van der Waals surface area contributed by atoms with E-state index < -0.39 is 5.97 Å². The van der Waals surface area contributed by atoms with Crippen LogP contribution in [0.5, 0.6) is 5.75 Å². The molecule has 82 valence electrons. The van der Waals surface area contributed by atoms with Crippen LogP contribution in [0.3, 0.4) is 0 Å². The van der Waals surface area contributed by atoms with Crippen LogP contribution in [0.25, 0.3) is 11.1 Å². The van der Waals surface area contributed by atoms with Crippen molar-refractivity contribution < 1.29 is 15.0 Å². The highest BCUT2D eigenvalue weighted by atomic mass is 16.4. The summed E-state index contributed by atoms with van der Waals surface area (Å²) in [4.78, 5) is 10.6. The number of carboxylic acid groups (broad SMARTS) is 1. The smallest absolute Gasteiger partial charge is 0.309 e. The molecular formula is C11H10N2O3. The third-order valence-corrected chi connectivity index (χ3v) is 2.22. The van der Waals surface area contributed by atoms with Crippen LogP contribution in [0.1, 0.15) is 5.69 Å². The lowest BCUT2D eigenvalue weighted by molar-refractivity contribution is -0.136. The topological polar surface area (TPSA) is 86.2 Å². The number of benzene rings is 1. The number of H-pyrrole nitrogens is 1. The molecule has 2 rings (SSSR count). The number of aromatic amines is 1. The van der Waals surface area contributed by atoms with Crippen molar-refractivity contribution in [1.29, 1.82) is 0 Å². The number of phenols is 1. The minimum Gasteiger partial charge on any atom is -0.508 e. The predicted molar refractivity (Wildman–Crippen MR) is 57.0 cm³/mol. The second-order valence-corrected chi connectivity index (χ2v) is 3.38. The van der Waals surface area contributed by atoms with Gasteiger partial charge in [-0.3, -0.25) is 9.89 Å². The average Bonchev–Trinajstić information content (AvgIpc) is 2.66. The summed E-state index contributed by atoms with van der Waals surface area (Å²) in [7, 11) is 0. The van der Waals surface area contributed by atoms with Crippen LogP contribution in [0, 0.1) is 0 Å². The van der Waals surface area contributed by atoms with Crippen LogP contribution >= 0.6 is 0 Å². The molecule has 0 bridgehead atoms. The van der Waals surface area contributed by atoms with Crippen molar-refractivity contribution in [3.8, 4) is 16.9 Å². The molecule has 2 aromatic rings. The van der Waals surface area contributed by atoms with Gasteiger partial charge in [0.25, 0.3) is 0 Å². The second kappa shape index (κ2) is 4.06. The van der Waals surface area contributed by atoms with Gasteiger partial charge >= 0.3 is 5.97 Å². The molecule has 0 aliphatic rings. The number of carboxylic acids is 1. The van der Waals surface area contributed by atoms with Gasteiger partial charge in [-0.15, -0.1) is 0 Å². The van der Waals surface area contributed by atoms with Gasteiger partial charge in [0, 0.05) is 5.56 Å². The fourth-order valence-corrected chi connectivity index (χ4v) is 1.49. The molecular weight excluding hydrogens is 208 g/mol. The summed E-state index contributed by atoms with van der Waals surface area (Å²) in [6, 6.07) is 6.52. The van der Waals surface area contributed by atoms with Gasteiger partial charge in [-0.05, 0) is 17.7 Å². The molecule has 0 radical (unpaired) electrons. The fraction of sp³-hybridized carbons (Fsp3) is 0.0909. The summed E-state index contributed by atoms with van der Waals surface area (Å²) in [5, 5.41) is 24.3. The van der Waals surface area contributed by atoms with E-state index in [-0.39, 0.29) is 12.2 Å². The second-order valence-electron chi connectivity index (χ2n) is 3.38. The largest absolute Gasteiger partial charge is 0.508 e. The Morgan fingerprint density at radius 2 is 2.00 bits per heavy atom. The third kappa shape index (κ3) is 2.03. The van der Waals surface area contributed by atoms with Crippen molar-refractivity contribution in [2.75, 3.05) is 0 Å². The molecule has 1 heterocycles. The molecule has 5 heteroatoms. The first-order valence-electron chi connectivity index (χ1n) is 4.70. The van der Waals surface area contributed by atoms with Gasteiger partial charge in [0.1, 0.15) is 5.75 Å². The molecule has 0 aliphatic carbocycles. The zero-order chi connectivity index (χ0) is 11.5. The highest BCUT2D eigenvalue weighted by molar-refractivity contribution is 5.75. The maximum Gasteiger partial charge on any atom is 0.309 e. The van der Waals surface area contributed by atoms with Gasteiger partial charge in [-0.2, -0.15) is 5.10 Å². The standard InChI is InChI=1S/C11H10N2O3/c14-8-3-1-7(2-4-8)9-6-12-13-10(9)5-11(15)16/h1-4,6,14H,5H2,(H,12,13)(H,15,16). The van der Waals surface area contributed by atoms with Crippen LogP contribution in [0.2, 0.25) is 0 Å². The number of aliphatic carboxylic acids is 1. The number of aromatic hydroxyl groups is 1. The molecule has 5 nitrogen and oxygen atoms in total. The number of phenolic OH excluding ortho intramolecular Hbond substituents is 1. The summed E-state index contributed by atoms with van der Waals surface area (Å²) in [6.07, 6.45) is 1.47. The Morgan fingerprint density at radius 3 is 2.62 bits per heavy atom. The van der Waals surface area contributed by atoms with Crippen LogP contribution in [0.4, 0.5) is 0 Å². The van der Waals surface area contributed by atoms with Crippen molar-refractivity contribution in [2.24, 2.45) is 0 Å². The first-order chi connectivity index (χ1) is 7.66. The van der Waals surface area contributed by atoms with Gasteiger partial charge < -0.3 is 10.2 Å². The van der Waals surface area contributed by atoms with Crippen molar-refractivity contribution in [3.05, 3.63) is 36.2 Å². The van der Waals surface area contributed by atoms with Crippen LogP contribution in [0.15, 0.2) is 30.5 Å². The molecule has 0 unspecified atom stereocenters. The predicted octanol–water partition coefficient (Wildman–Crippen LogP) is 1.41. The van der Waals surface area contributed by atoms with E-state index in [1.54, 1.807) is 30.5 Å². The zero-order valence-electron chi connectivity index (χ0n) is 8.34. The average molecular weight is 218 g/mol. The van der Waals surface area contributed by atoms with Gasteiger partial charge in [-0.25, -0.2) is 0 Å². The highest BCUT2D eigenvalue weighted by Crippen LogP contribution is 2.24. The first kappa shape index (κ1) is 10.2. The molecule has 0 atom stereocenters. The van der Waals surface area contributed by atoms with Gasteiger partial charge in [0.2, 0.25) is 0 Å². The SMILES string of the molecule is O=C(O)Cc1[nH]ncc1-c1ccc(O)cc1. The van der Waals surface area contributed by atoms with E-state index in [2.05, 4.69) is 10.2 Å². The molecule has 0 aliphatic heterocycles. The van der Waals surface area contributed by atoms with Crippen molar-refractivity contribution in [1.82, 2.24) is 10.2 Å². The Hall–Kier alpha value is -2.30. The number of aromatic nitrogens is 2. The molecule has 1 aromatic heterocycles. The lowest BCUT2D eigenvalue weighted by atomic mass is 10.1. The van der Waals surface area contributed by atoms with Crippen LogP contribution in [-0.4, -0.2) is 26.4 Å². The molecule has 0 spiro atoms. The normalized spacial score (nSPS) is 10.2. The Balaban J connectivity index is 2.36. The zero-order valence-corrected chi connectivity index (χ0v) is 8.34. The van der Waals surface area contributed by atoms with E-state index in [0.717, 1.165) is 11.1 Å². The maximum atomic E-state index is 10.6. The van der Waals surface area contributed by atoms with E-state index in [1.807, 2.05) is 0 Å². The maximum absolute atomic E-state index is 10.6. The summed E-state index contributed by atoms with van der Waals surface area (Å²) >= 11 is 0. The van der Waals surface area contributed by atoms with E-state index >= 15 is 0 Å². The van der Waals surface area contributed by atoms with E-state index in [9.17, 15) is 4.79 Å². The molecule has 3 N–H and O–H groups in total. The lowest BCUT2D eigenvalue weighted by Crippen LogP contribution is -2.01. The first-order valence-corrected chi connectivity index (χ1v) is 4.70. The van der Waals surface area contributed by atoms with Crippen molar-refractivity contribution >= 4 is 5.97 Å².